The summed E-state index contributed by atoms with van der Waals surface area (Å²) in [6.45, 7) is 1.04. The van der Waals surface area contributed by atoms with Gasteiger partial charge < -0.3 is 10.3 Å². The molecule has 0 saturated heterocycles. The van der Waals surface area contributed by atoms with E-state index in [1.165, 1.54) is 33.3 Å². The van der Waals surface area contributed by atoms with E-state index in [-0.39, 0.29) is 0 Å². The molecule has 2 heterocycles. The Bertz CT molecular complexity index is 994. The van der Waals surface area contributed by atoms with Crippen molar-refractivity contribution >= 4 is 10.9 Å². The molecule has 0 fully saturated rings. The second-order valence-corrected chi connectivity index (χ2v) is 7.43. The minimum Gasteiger partial charge on any atom is -0.357 e. The molecule has 2 heteroatoms. The molecule has 0 radical (unpaired) electrons. The van der Waals surface area contributed by atoms with Gasteiger partial charge in [-0.05, 0) is 42.1 Å². The third-order valence-corrected chi connectivity index (χ3v) is 5.84. The zero-order valence-corrected chi connectivity index (χ0v) is 15.4. The zero-order valence-electron chi connectivity index (χ0n) is 15.4. The van der Waals surface area contributed by atoms with Gasteiger partial charge in [0.25, 0.3) is 0 Å². The summed E-state index contributed by atoms with van der Waals surface area (Å²) in [5.41, 5.74) is 6.89. The summed E-state index contributed by atoms with van der Waals surface area (Å²) in [5, 5.41) is 5.16. The second kappa shape index (κ2) is 7.05. The number of hydrogen-bond acceptors (Lipinski definition) is 1. The van der Waals surface area contributed by atoms with E-state index in [1.54, 1.807) is 0 Å². The Kier molecular flexibility index (Phi) is 4.27. The number of aromatic nitrogens is 1. The van der Waals surface area contributed by atoms with Crippen LogP contribution in [0, 0.1) is 0 Å². The SMILES string of the molecule is c1ccc(C(CC2NCCc3c2[nH]c2ccccc32)c2ccccc2)cc1. The Balaban J connectivity index is 1.55. The van der Waals surface area contributed by atoms with E-state index >= 15 is 0 Å². The number of benzene rings is 3. The molecular formula is C25H24N2. The molecule has 2 N–H and O–H groups in total. The van der Waals surface area contributed by atoms with Gasteiger partial charge >= 0.3 is 0 Å². The van der Waals surface area contributed by atoms with Crippen LogP contribution in [-0.2, 0) is 6.42 Å². The molecule has 0 aliphatic carbocycles. The maximum Gasteiger partial charge on any atom is 0.0485 e. The van der Waals surface area contributed by atoms with Gasteiger partial charge in [0, 0.05) is 28.6 Å². The van der Waals surface area contributed by atoms with E-state index in [4.69, 9.17) is 0 Å². The van der Waals surface area contributed by atoms with Gasteiger partial charge in [0.2, 0.25) is 0 Å². The standard InChI is InChI=1S/C25H24N2/c1-3-9-18(10-4-1)22(19-11-5-2-6-12-19)17-24-25-21(15-16-26-24)20-13-7-8-14-23(20)27-25/h1-14,22,24,26-27H,15-17H2. The number of H-pyrrole nitrogens is 1. The first-order valence-electron chi connectivity index (χ1n) is 9.83. The van der Waals surface area contributed by atoms with Gasteiger partial charge in [-0.1, -0.05) is 78.9 Å². The van der Waals surface area contributed by atoms with Gasteiger partial charge in [-0.15, -0.1) is 0 Å². The normalized spacial score (nSPS) is 16.6. The van der Waals surface area contributed by atoms with Crippen LogP contribution in [0.1, 0.15) is 40.8 Å². The molecule has 1 aliphatic rings. The van der Waals surface area contributed by atoms with Crippen molar-refractivity contribution in [1.82, 2.24) is 10.3 Å². The van der Waals surface area contributed by atoms with Gasteiger partial charge in [-0.2, -0.15) is 0 Å². The third-order valence-electron chi connectivity index (χ3n) is 5.84. The molecule has 1 aromatic heterocycles. The van der Waals surface area contributed by atoms with Gasteiger partial charge in [0.15, 0.2) is 0 Å². The third kappa shape index (κ3) is 3.07. The van der Waals surface area contributed by atoms with E-state index in [0.29, 0.717) is 12.0 Å². The Morgan fingerprint density at radius 1 is 0.778 bits per heavy atom. The van der Waals surface area contributed by atoms with Crippen LogP contribution >= 0.6 is 0 Å². The molecule has 1 unspecified atom stereocenters. The molecular weight excluding hydrogens is 328 g/mol. The van der Waals surface area contributed by atoms with Crippen molar-refractivity contribution in [2.45, 2.75) is 24.8 Å². The molecule has 0 bridgehead atoms. The summed E-state index contributed by atoms with van der Waals surface area (Å²) in [4.78, 5) is 3.71. The number of aromatic amines is 1. The molecule has 0 spiro atoms. The molecule has 134 valence electrons. The summed E-state index contributed by atoms with van der Waals surface area (Å²) >= 11 is 0. The summed E-state index contributed by atoms with van der Waals surface area (Å²) in [6, 6.07) is 30.8. The Hall–Kier alpha value is -2.84. The summed E-state index contributed by atoms with van der Waals surface area (Å²) in [7, 11) is 0. The minimum absolute atomic E-state index is 0.339. The Morgan fingerprint density at radius 3 is 2.11 bits per heavy atom. The van der Waals surface area contributed by atoms with Crippen LogP contribution in [0.4, 0.5) is 0 Å². The molecule has 27 heavy (non-hydrogen) atoms. The predicted molar refractivity (Wildman–Crippen MR) is 112 cm³/mol. The number of para-hydroxylation sites is 1. The highest BCUT2D eigenvalue weighted by Crippen LogP contribution is 2.38. The molecule has 4 aromatic rings. The van der Waals surface area contributed by atoms with Gasteiger partial charge in [0.1, 0.15) is 0 Å². The van der Waals surface area contributed by atoms with Crippen molar-refractivity contribution < 1.29 is 0 Å². The first kappa shape index (κ1) is 16.3. The molecule has 2 nitrogen and oxygen atoms in total. The quantitative estimate of drug-likeness (QED) is 0.493. The fourth-order valence-electron chi connectivity index (χ4n) is 4.53. The molecule has 1 atom stereocenters. The average molecular weight is 352 g/mol. The summed E-state index contributed by atoms with van der Waals surface area (Å²) < 4.78 is 0. The lowest BCUT2D eigenvalue weighted by Crippen LogP contribution is -2.31. The average Bonchev–Trinajstić information content (AvgIpc) is 3.13. The monoisotopic (exact) mass is 352 g/mol. The van der Waals surface area contributed by atoms with Crippen molar-refractivity contribution in [1.29, 1.82) is 0 Å². The van der Waals surface area contributed by atoms with Crippen LogP contribution in [0.25, 0.3) is 10.9 Å². The largest absolute Gasteiger partial charge is 0.357 e. The van der Waals surface area contributed by atoms with Gasteiger partial charge in [0.05, 0.1) is 0 Å². The zero-order chi connectivity index (χ0) is 18.1. The topological polar surface area (TPSA) is 27.8 Å². The minimum atomic E-state index is 0.339. The van der Waals surface area contributed by atoms with Crippen molar-refractivity contribution in [3.05, 3.63) is 107 Å². The molecule has 0 saturated carbocycles. The molecule has 5 rings (SSSR count). The molecule has 1 aliphatic heterocycles. The molecule has 0 amide bonds. The number of rotatable bonds is 4. The van der Waals surface area contributed by atoms with Crippen molar-refractivity contribution in [2.75, 3.05) is 6.54 Å². The highest BCUT2D eigenvalue weighted by atomic mass is 15.0. The predicted octanol–water partition coefficient (Wildman–Crippen LogP) is 5.58. The Morgan fingerprint density at radius 2 is 1.41 bits per heavy atom. The van der Waals surface area contributed by atoms with E-state index in [9.17, 15) is 0 Å². The summed E-state index contributed by atoms with van der Waals surface area (Å²) in [5.74, 6) is 0.377. The second-order valence-electron chi connectivity index (χ2n) is 7.43. The summed E-state index contributed by atoms with van der Waals surface area (Å²) in [6.07, 6.45) is 2.14. The number of nitrogens with one attached hydrogen (secondary N) is 2. The van der Waals surface area contributed by atoms with Crippen molar-refractivity contribution in [3.8, 4) is 0 Å². The van der Waals surface area contributed by atoms with E-state index in [2.05, 4.69) is 95.2 Å². The number of hydrogen-bond donors (Lipinski definition) is 2. The Labute approximate surface area is 160 Å². The highest BCUT2D eigenvalue weighted by molar-refractivity contribution is 5.85. The lowest BCUT2D eigenvalue weighted by atomic mass is 9.83. The van der Waals surface area contributed by atoms with E-state index in [0.717, 1.165) is 19.4 Å². The molecule has 3 aromatic carbocycles. The maximum atomic E-state index is 3.77. The lowest BCUT2D eigenvalue weighted by Gasteiger charge is -2.29. The van der Waals surface area contributed by atoms with Gasteiger partial charge in [-0.3, -0.25) is 0 Å². The first-order valence-corrected chi connectivity index (χ1v) is 9.83. The maximum absolute atomic E-state index is 3.77. The van der Waals surface area contributed by atoms with Crippen LogP contribution in [-0.4, -0.2) is 11.5 Å². The van der Waals surface area contributed by atoms with E-state index < -0.39 is 0 Å². The van der Waals surface area contributed by atoms with Crippen LogP contribution in [0.2, 0.25) is 0 Å². The lowest BCUT2D eigenvalue weighted by molar-refractivity contribution is 0.448. The van der Waals surface area contributed by atoms with Crippen LogP contribution in [0.3, 0.4) is 0 Å². The highest BCUT2D eigenvalue weighted by Gasteiger charge is 2.27. The first-order chi connectivity index (χ1) is 13.4. The van der Waals surface area contributed by atoms with Crippen molar-refractivity contribution in [3.63, 3.8) is 0 Å². The number of fused-ring (bicyclic) bond motifs is 3. The fraction of sp³-hybridized carbons (Fsp3) is 0.200. The van der Waals surface area contributed by atoms with E-state index in [1.807, 2.05) is 0 Å². The van der Waals surface area contributed by atoms with Crippen molar-refractivity contribution in [2.24, 2.45) is 0 Å². The van der Waals surface area contributed by atoms with Crippen LogP contribution in [0.15, 0.2) is 84.9 Å². The fourth-order valence-corrected chi connectivity index (χ4v) is 4.53. The van der Waals surface area contributed by atoms with Gasteiger partial charge in [-0.25, -0.2) is 0 Å². The smallest absolute Gasteiger partial charge is 0.0485 e. The van der Waals surface area contributed by atoms with Crippen LogP contribution < -0.4 is 5.32 Å². The van der Waals surface area contributed by atoms with Crippen LogP contribution in [0.5, 0.6) is 0 Å².